The first-order valence-electron chi connectivity index (χ1n) is 6.74. The molecule has 0 atom stereocenters. The van der Waals surface area contributed by atoms with Crippen molar-refractivity contribution in [3.8, 4) is 17.0 Å². The van der Waals surface area contributed by atoms with Gasteiger partial charge in [0.25, 0.3) is 0 Å². The summed E-state index contributed by atoms with van der Waals surface area (Å²) < 4.78 is 1.68. The number of hydrogen-bond donors (Lipinski definition) is 2. The zero-order chi connectivity index (χ0) is 14.3. The maximum atomic E-state index is 10.4. The number of nitrogens with zero attached hydrogens (tertiary/aromatic N) is 3. The zero-order valence-corrected chi connectivity index (χ0v) is 11.7. The molecule has 1 aromatic carbocycles. The largest absolute Gasteiger partial charge is 0.504 e. The lowest BCUT2D eigenvalue weighted by Crippen LogP contribution is -2.01. The summed E-state index contributed by atoms with van der Waals surface area (Å²) in [7, 11) is 1.82. The molecular formula is C15H18N4O. The Morgan fingerprint density at radius 3 is 2.85 bits per heavy atom. The van der Waals surface area contributed by atoms with Crippen molar-refractivity contribution in [2.24, 2.45) is 18.0 Å². The minimum Gasteiger partial charge on any atom is -0.504 e. The van der Waals surface area contributed by atoms with E-state index in [1.165, 1.54) is 17.5 Å². The third kappa shape index (κ3) is 1.86. The van der Waals surface area contributed by atoms with Crippen molar-refractivity contribution in [3.05, 3.63) is 35.0 Å². The summed E-state index contributed by atoms with van der Waals surface area (Å²) in [6, 6.07) is 6.34. The highest BCUT2D eigenvalue weighted by Crippen LogP contribution is 2.34. The second-order valence-corrected chi connectivity index (χ2v) is 5.22. The van der Waals surface area contributed by atoms with E-state index in [1.807, 2.05) is 13.1 Å². The Morgan fingerprint density at radius 1 is 1.35 bits per heavy atom. The van der Waals surface area contributed by atoms with Crippen LogP contribution in [0.4, 0.5) is 0 Å². The first-order valence-corrected chi connectivity index (χ1v) is 6.74. The highest BCUT2D eigenvalue weighted by Gasteiger charge is 2.20. The summed E-state index contributed by atoms with van der Waals surface area (Å²) in [6.45, 7) is 1.73. The summed E-state index contributed by atoms with van der Waals surface area (Å²) >= 11 is 0. The number of nitrogens with two attached hydrogens (primary N) is 1. The Morgan fingerprint density at radius 2 is 2.10 bits per heavy atom. The molecule has 5 heteroatoms. The molecular weight excluding hydrogens is 252 g/mol. The van der Waals surface area contributed by atoms with Crippen LogP contribution in [0.1, 0.15) is 30.2 Å². The normalized spacial score (nSPS) is 14.6. The average molecular weight is 270 g/mol. The number of fused-ring (bicyclic) bond motifs is 1. The van der Waals surface area contributed by atoms with Crippen LogP contribution in [0.3, 0.4) is 0 Å². The van der Waals surface area contributed by atoms with Gasteiger partial charge in [0, 0.05) is 12.6 Å². The van der Waals surface area contributed by atoms with E-state index in [0.717, 1.165) is 18.4 Å². The van der Waals surface area contributed by atoms with Crippen LogP contribution >= 0.6 is 0 Å². The van der Waals surface area contributed by atoms with E-state index in [0.29, 0.717) is 17.1 Å². The molecule has 0 saturated heterocycles. The molecule has 1 heterocycles. The molecule has 20 heavy (non-hydrogen) atoms. The van der Waals surface area contributed by atoms with Crippen LogP contribution in [0.2, 0.25) is 0 Å². The number of aromatic nitrogens is 2. The van der Waals surface area contributed by atoms with Crippen LogP contribution in [-0.2, 0) is 19.9 Å². The highest BCUT2D eigenvalue weighted by molar-refractivity contribution is 6.00. The van der Waals surface area contributed by atoms with Crippen LogP contribution in [-0.4, -0.2) is 20.6 Å². The van der Waals surface area contributed by atoms with Crippen molar-refractivity contribution in [1.29, 1.82) is 0 Å². The van der Waals surface area contributed by atoms with Gasteiger partial charge in [0.15, 0.2) is 11.4 Å². The molecule has 104 valence electrons. The number of benzene rings is 1. The van der Waals surface area contributed by atoms with Crippen molar-refractivity contribution < 1.29 is 5.11 Å². The number of hydrogen-bond acceptors (Lipinski definition) is 4. The summed E-state index contributed by atoms with van der Waals surface area (Å²) in [5.41, 5.74) is 5.42. The van der Waals surface area contributed by atoms with Gasteiger partial charge < -0.3 is 10.9 Å². The molecule has 1 aliphatic rings. The second-order valence-electron chi connectivity index (χ2n) is 5.22. The van der Waals surface area contributed by atoms with Gasteiger partial charge in [-0.15, -0.1) is 0 Å². The maximum Gasteiger partial charge on any atom is 0.171 e. The third-order valence-electron chi connectivity index (χ3n) is 3.93. The monoisotopic (exact) mass is 270 g/mol. The van der Waals surface area contributed by atoms with E-state index >= 15 is 0 Å². The highest BCUT2D eigenvalue weighted by atomic mass is 16.3. The predicted molar refractivity (Wildman–Crippen MR) is 78.7 cm³/mol. The van der Waals surface area contributed by atoms with Gasteiger partial charge in [-0.05, 0) is 43.4 Å². The summed E-state index contributed by atoms with van der Waals surface area (Å²) in [5, 5.41) is 18.3. The fourth-order valence-corrected chi connectivity index (χ4v) is 2.86. The van der Waals surface area contributed by atoms with Gasteiger partial charge in [0.1, 0.15) is 5.69 Å². The number of rotatable bonds is 2. The standard InChI is InChI=1S/C15H18N4O/c1-9(17-16)13-15(20)14(19(2)18-13)12-7-6-10-4-3-5-11(10)8-12/h6-8,20H,3-5,16H2,1-2H3. The van der Waals surface area contributed by atoms with E-state index in [4.69, 9.17) is 5.84 Å². The molecule has 0 unspecified atom stereocenters. The van der Waals surface area contributed by atoms with Crippen LogP contribution in [0.15, 0.2) is 23.3 Å². The van der Waals surface area contributed by atoms with Gasteiger partial charge in [-0.3, -0.25) is 4.68 Å². The molecule has 0 aliphatic heterocycles. The van der Waals surface area contributed by atoms with Crippen LogP contribution < -0.4 is 5.84 Å². The van der Waals surface area contributed by atoms with Crippen molar-refractivity contribution >= 4 is 5.71 Å². The lowest BCUT2D eigenvalue weighted by Gasteiger charge is -2.06. The molecule has 0 bridgehead atoms. The molecule has 0 amide bonds. The Balaban J connectivity index is 2.13. The predicted octanol–water partition coefficient (Wildman–Crippen LogP) is 1.96. The fraction of sp³-hybridized carbons (Fsp3) is 0.333. The smallest absolute Gasteiger partial charge is 0.171 e. The lowest BCUT2D eigenvalue weighted by molar-refractivity contribution is 0.475. The molecule has 3 rings (SSSR count). The zero-order valence-electron chi connectivity index (χ0n) is 11.7. The van der Waals surface area contributed by atoms with Gasteiger partial charge in [-0.1, -0.05) is 12.1 Å². The van der Waals surface area contributed by atoms with Crippen LogP contribution in [0.25, 0.3) is 11.3 Å². The summed E-state index contributed by atoms with van der Waals surface area (Å²) in [4.78, 5) is 0. The van der Waals surface area contributed by atoms with E-state index in [2.05, 4.69) is 22.3 Å². The van der Waals surface area contributed by atoms with Crippen LogP contribution in [0.5, 0.6) is 5.75 Å². The number of hydrazone groups is 1. The van der Waals surface area contributed by atoms with Gasteiger partial charge in [0.05, 0.1) is 5.71 Å². The fourth-order valence-electron chi connectivity index (χ4n) is 2.86. The molecule has 3 N–H and O–H groups in total. The van der Waals surface area contributed by atoms with E-state index in [9.17, 15) is 5.11 Å². The van der Waals surface area contributed by atoms with E-state index in [1.54, 1.807) is 11.6 Å². The summed E-state index contributed by atoms with van der Waals surface area (Å²) in [5.74, 6) is 5.41. The van der Waals surface area contributed by atoms with E-state index < -0.39 is 0 Å². The lowest BCUT2D eigenvalue weighted by atomic mass is 10.0. The quantitative estimate of drug-likeness (QED) is 0.497. The van der Waals surface area contributed by atoms with E-state index in [-0.39, 0.29) is 5.75 Å². The molecule has 0 spiro atoms. The van der Waals surface area contributed by atoms with Crippen molar-refractivity contribution in [1.82, 2.24) is 9.78 Å². The molecule has 2 aromatic rings. The molecule has 0 saturated carbocycles. The Kier molecular flexibility index (Phi) is 2.97. The van der Waals surface area contributed by atoms with Crippen molar-refractivity contribution in [2.75, 3.05) is 0 Å². The van der Waals surface area contributed by atoms with Gasteiger partial charge in [-0.2, -0.15) is 10.2 Å². The minimum absolute atomic E-state index is 0.136. The summed E-state index contributed by atoms with van der Waals surface area (Å²) in [6.07, 6.45) is 3.47. The van der Waals surface area contributed by atoms with Crippen molar-refractivity contribution in [3.63, 3.8) is 0 Å². The average Bonchev–Trinajstić information content (AvgIpc) is 3.01. The van der Waals surface area contributed by atoms with Gasteiger partial charge >= 0.3 is 0 Å². The van der Waals surface area contributed by atoms with Gasteiger partial charge in [0.2, 0.25) is 0 Å². The molecule has 1 aromatic heterocycles. The molecule has 1 aliphatic carbocycles. The van der Waals surface area contributed by atoms with Crippen LogP contribution in [0, 0.1) is 0 Å². The molecule has 0 fully saturated rings. The second kappa shape index (κ2) is 4.67. The molecule has 5 nitrogen and oxygen atoms in total. The Hall–Kier alpha value is -2.30. The third-order valence-corrected chi connectivity index (χ3v) is 3.93. The van der Waals surface area contributed by atoms with Crippen molar-refractivity contribution in [2.45, 2.75) is 26.2 Å². The first-order chi connectivity index (χ1) is 9.61. The SMILES string of the molecule is CC(=NN)c1nn(C)c(-c2ccc3c(c2)CCC3)c1O. The minimum atomic E-state index is 0.136. The Bertz CT molecular complexity index is 700. The van der Waals surface area contributed by atoms with Gasteiger partial charge in [-0.25, -0.2) is 0 Å². The Labute approximate surface area is 117 Å². The first kappa shape index (κ1) is 12.7. The topological polar surface area (TPSA) is 76.4 Å². The maximum absolute atomic E-state index is 10.4. The molecule has 0 radical (unpaired) electrons. The number of aromatic hydroxyl groups is 1. The number of aryl methyl sites for hydroxylation is 3.